The van der Waals surface area contributed by atoms with Gasteiger partial charge in [0.2, 0.25) is 0 Å². The predicted molar refractivity (Wildman–Crippen MR) is 322 cm³/mol. The molecule has 0 aliphatic heterocycles. The maximum atomic E-state index is 12.7. The van der Waals surface area contributed by atoms with Crippen LogP contribution in [0.4, 0.5) is 0 Å². The number of methoxy groups -OCH3 is 1. The molecule has 12 rings (SSSR count). The zero-order chi connectivity index (χ0) is 51.5. The molecular formula is C59H42BrCl3O6S4. The predicted octanol–water partition coefficient (Wildman–Crippen LogP) is 18.0. The SMILES string of the molecule is CCCOc1ccc(Br)c2c(=O)c3ccccc3sc12.CCc1ccc(Cl)c2c(=O)c3ccccc3sc12.COc1ccc(Cl)c2c(=O)c3ccccc3sc12.Cc1ccc(Cl)c2c(=O)c3ccccc3sc12. The fourth-order valence-corrected chi connectivity index (χ4v) is 14.7. The molecule has 0 N–H and O–H groups in total. The Bertz CT molecular complexity index is 4220. The number of hydrogen-bond donors (Lipinski definition) is 0. The maximum absolute atomic E-state index is 12.7. The second-order valence-corrected chi connectivity index (χ2v) is 22.9. The molecule has 14 heteroatoms. The zero-order valence-electron chi connectivity index (χ0n) is 39.6. The molecule has 6 nitrogen and oxygen atoms in total. The Kier molecular flexibility index (Phi) is 16.3. The van der Waals surface area contributed by atoms with Crippen LogP contribution in [0.1, 0.15) is 31.4 Å². The van der Waals surface area contributed by atoms with Gasteiger partial charge in [-0.05, 0) is 132 Å². The molecule has 12 aromatic rings. The Morgan fingerprint density at radius 3 is 1.32 bits per heavy atom. The molecule has 0 atom stereocenters. The zero-order valence-corrected chi connectivity index (χ0v) is 46.7. The van der Waals surface area contributed by atoms with Gasteiger partial charge in [-0.2, -0.15) is 0 Å². The van der Waals surface area contributed by atoms with E-state index in [1.165, 1.54) is 16.9 Å². The number of aryl methyl sites for hydroxylation is 2. The lowest BCUT2D eigenvalue weighted by Crippen LogP contribution is -2.03. The number of rotatable bonds is 5. The van der Waals surface area contributed by atoms with Gasteiger partial charge in [0.05, 0.1) is 59.7 Å². The first kappa shape index (κ1) is 52.1. The summed E-state index contributed by atoms with van der Waals surface area (Å²) < 4.78 is 19.6. The summed E-state index contributed by atoms with van der Waals surface area (Å²) in [6.45, 7) is 6.82. The van der Waals surface area contributed by atoms with E-state index in [2.05, 4.69) is 29.8 Å². The quantitative estimate of drug-likeness (QED) is 0.160. The van der Waals surface area contributed by atoms with Crippen LogP contribution >= 0.6 is 96.1 Å². The highest BCUT2D eigenvalue weighted by atomic mass is 79.9. The number of hydrogen-bond acceptors (Lipinski definition) is 10. The van der Waals surface area contributed by atoms with Crippen LogP contribution < -0.4 is 31.2 Å². The molecule has 0 bridgehead atoms. The average molecular weight is 1160 g/mol. The van der Waals surface area contributed by atoms with Gasteiger partial charge in [-0.25, -0.2) is 0 Å². The van der Waals surface area contributed by atoms with Gasteiger partial charge >= 0.3 is 0 Å². The molecule has 4 heterocycles. The number of halogens is 4. The molecule has 0 aliphatic carbocycles. The molecule has 73 heavy (non-hydrogen) atoms. The van der Waals surface area contributed by atoms with Crippen LogP contribution in [-0.2, 0) is 6.42 Å². The third-order valence-corrected chi connectivity index (χ3v) is 18.5. The third-order valence-electron chi connectivity index (χ3n) is 12.0. The van der Waals surface area contributed by atoms with Gasteiger partial charge in [-0.3, -0.25) is 19.2 Å². The second kappa shape index (κ2) is 22.8. The minimum atomic E-state index is -0.0387. The van der Waals surface area contributed by atoms with E-state index in [0.29, 0.717) is 54.4 Å². The van der Waals surface area contributed by atoms with E-state index in [0.717, 1.165) is 82.4 Å². The second-order valence-electron chi connectivity index (χ2n) is 16.6. The molecule has 0 saturated carbocycles. The van der Waals surface area contributed by atoms with E-state index in [4.69, 9.17) is 44.3 Å². The standard InChI is InChI=1S/C16H13BrO2S.C15H11ClOS.C14H9ClO2S.C14H9ClOS/c1-2-9-19-12-8-7-11(17)14-15(18)10-5-3-4-6-13(10)20-16(12)14;1-2-9-7-8-11(16)13-14(17)10-5-3-4-6-12(10)18-15(9)13;1-17-10-7-6-9(15)12-13(16)8-4-2-3-5-11(8)18-14(10)12;1-8-6-7-10(15)12-13(16)9-4-2-3-5-11(9)17-14(8)12/h3-8H,2,9H2,1H3;3-8H,2H2,1H3;2-7H,1H3;2-7H,1H3. The van der Waals surface area contributed by atoms with Crippen molar-refractivity contribution in [3.8, 4) is 11.5 Å². The summed E-state index contributed by atoms with van der Waals surface area (Å²) in [7, 11) is 1.59. The molecule has 0 radical (unpaired) electrons. The van der Waals surface area contributed by atoms with Crippen LogP contribution in [0.15, 0.2) is 169 Å². The van der Waals surface area contributed by atoms with E-state index < -0.39 is 0 Å². The van der Waals surface area contributed by atoms with Crippen LogP contribution in [-0.4, -0.2) is 13.7 Å². The lowest BCUT2D eigenvalue weighted by Gasteiger charge is -2.09. The van der Waals surface area contributed by atoms with Gasteiger partial charge in [0.25, 0.3) is 0 Å². The summed E-state index contributed by atoms with van der Waals surface area (Å²) in [6.07, 6.45) is 1.85. The van der Waals surface area contributed by atoms with Crippen LogP contribution in [0.3, 0.4) is 0 Å². The van der Waals surface area contributed by atoms with Gasteiger partial charge in [0.15, 0.2) is 21.7 Å². The number of fused-ring (bicyclic) bond motifs is 8. The van der Waals surface area contributed by atoms with Gasteiger partial charge < -0.3 is 9.47 Å². The summed E-state index contributed by atoms with van der Waals surface area (Å²) in [5.74, 6) is 1.47. The van der Waals surface area contributed by atoms with E-state index in [1.54, 1.807) is 59.3 Å². The molecule has 366 valence electrons. The first-order valence-electron chi connectivity index (χ1n) is 23.0. The highest BCUT2D eigenvalue weighted by Crippen LogP contribution is 2.38. The van der Waals surface area contributed by atoms with E-state index in [9.17, 15) is 19.2 Å². The Morgan fingerprint density at radius 1 is 0.452 bits per heavy atom. The molecule has 0 saturated heterocycles. The van der Waals surface area contributed by atoms with Crippen molar-refractivity contribution in [2.75, 3.05) is 13.7 Å². The van der Waals surface area contributed by atoms with Gasteiger partial charge in [-0.15, -0.1) is 45.3 Å². The largest absolute Gasteiger partial charge is 0.495 e. The Morgan fingerprint density at radius 2 is 0.836 bits per heavy atom. The molecule has 0 amide bonds. The van der Waals surface area contributed by atoms with Crippen molar-refractivity contribution in [2.45, 2.75) is 33.6 Å². The third kappa shape index (κ3) is 10.4. The molecule has 0 aliphatic rings. The van der Waals surface area contributed by atoms with Crippen molar-refractivity contribution in [2.24, 2.45) is 0 Å². The first-order chi connectivity index (χ1) is 35.3. The Balaban J connectivity index is 0.000000120. The highest BCUT2D eigenvalue weighted by Gasteiger charge is 2.16. The normalized spacial score (nSPS) is 11.1. The minimum Gasteiger partial charge on any atom is -0.495 e. The van der Waals surface area contributed by atoms with Crippen LogP contribution in [0.2, 0.25) is 15.1 Å². The van der Waals surface area contributed by atoms with Crippen molar-refractivity contribution in [1.29, 1.82) is 0 Å². The monoisotopic (exact) mass is 1160 g/mol. The molecule has 8 aromatic carbocycles. The summed E-state index contributed by atoms with van der Waals surface area (Å²) >= 11 is 28.4. The van der Waals surface area contributed by atoms with Crippen molar-refractivity contribution in [3.63, 3.8) is 0 Å². The van der Waals surface area contributed by atoms with E-state index in [1.807, 2.05) is 134 Å². The average Bonchev–Trinajstić information content (AvgIpc) is 3.40. The summed E-state index contributed by atoms with van der Waals surface area (Å²) in [4.78, 5) is 50.0. The Hall–Kier alpha value is -5.73. The van der Waals surface area contributed by atoms with Crippen LogP contribution in [0.5, 0.6) is 11.5 Å². The van der Waals surface area contributed by atoms with Gasteiger partial charge in [-0.1, -0.05) is 109 Å². The molecule has 4 aromatic heterocycles. The van der Waals surface area contributed by atoms with Gasteiger partial charge in [0, 0.05) is 54.2 Å². The van der Waals surface area contributed by atoms with Crippen LogP contribution in [0, 0.1) is 6.92 Å². The summed E-state index contributed by atoms with van der Waals surface area (Å²) in [6, 6.07) is 45.5. The summed E-state index contributed by atoms with van der Waals surface area (Å²) in [5.41, 5.74) is 2.37. The van der Waals surface area contributed by atoms with Crippen LogP contribution in [0.25, 0.3) is 80.7 Å². The van der Waals surface area contributed by atoms with Crippen molar-refractivity contribution in [1.82, 2.24) is 0 Å². The minimum absolute atomic E-state index is 0.0306. The Labute approximate surface area is 458 Å². The van der Waals surface area contributed by atoms with Crippen molar-refractivity contribution < 1.29 is 9.47 Å². The lowest BCUT2D eigenvalue weighted by atomic mass is 10.1. The van der Waals surface area contributed by atoms with E-state index >= 15 is 0 Å². The maximum Gasteiger partial charge on any atom is 0.197 e. The number of benzene rings is 8. The fraction of sp³-hybridized carbons (Fsp3) is 0.119. The van der Waals surface area contributed by atoms with Crippen molar-refractivity contribution >= 4 is 177 Å². The van der Waals surface area contributed by atoms with Crippen molar-refractivity contribution in [3.05, 3.63) is 217 Å². The lowest BCUT2D eigenvalue weighted by molar-refractivity contribution is 0.321. The smallest absolute Gasteiger partial charge is 0.197 e. The highest BCUT2D eigenvalue weighted by molar-refractivity contribution is 9.10. The topological polar surface area (TPSA) is 86.7 Å². The first-order valence-corrected chi connectivity index (χ1v) is 28.2. The van der Waals surface area contributed by atoms with Gasteiger partial charge in [0.1, 0.15) is 11.5 Å². The number of ether oxygens (including phenoxy) is 2. The molecule has 0 unspecified atom stereocenters. The molecule has 0 spiro atoms. The van der Waals surface area contributed by atoms with E-state index in [-0.39, 0.29) is 21.7 Å². The molecule has 0 fully saturated rings. The fourth-order valence-electron chi connectivity index (χ4n) is 8.36. The summed E-state index contributed by atoms with van der Waals surface area (Å²) in [5, 5.41) is 7.09. The molecular weight excluding hydrogens is 1120 g/mol.